The van der Waals surface area contributed by atoms with Gasteiger partial charge in [0, 0.05) is 5.56 Å². The van der Waals surface area contributed by atoms with Crippen LogP contribution < -0.4 is 5.43 Å². The summed E-state index contributed by atoms with van der Waals surface area (Å²) < 4.78 is 0. The number of amides is 1. The number of carbonyl (C=O) groups excluding carboxylic acids is 1. The zero-order chi connectivity index (χ0) is 16.1. The van der Waals surface area contributed by atoms with Crippen molar-refractivity contribution < 1.29 is 4.79 Å². The van der Waals surface area contributed by atoms with Gasteiger partial charge in [0.2, 0.25) is 0 Å². The first kappa shape index (κ1) is 15.5. The first-order chi connectivity index (χ1) is 11.3. The lowest BCUT2D eigenvalue weighted by Crippen LogP contribution is -2.17. The molecule has 0 heterocycles. The number of halogens is 1. The highest BCUT2D eigenvalue weighted by atomic mass is 35.5. The number of hydrogen-bond acceptors (Lipinski definition) is 2. The van der Waals surface area contributed by atoms with Crippen LogP contribution in [0.2, 0.25) is 0 Å². The topological polar surface area (TPSA) is 41.5 Å². The molecular weight excluding hydrogens is 308 g/mol. The minimum absolute atomic E-state index is 0.229. The number of fused-ring (bicyclic) bond motifs is 1. The first-order valence-electron chi connectivity index (χ1n) is 7.61. The predicted molar refractivity (Wildman–Crippen MR) is 94.6 cm³/mol. The van der Waals surface area contributed by atoms with Crippen molar-refractivity contribution in [2.75, 3.05) is 0 Å². The van der Waals surface area contributed by atoms with E-state index in [1.54, 1.807) is 18.3 Å². The lowest BCUT2D eigenvalue weighted by molar-refractivity contribution is 0.0955. The van der Waals surface area contributed by atoms with Crippen LogP contribution in [0, 0.1) is 0 Å². The van der Waals surface area contributed by atoms with Gasteiger partial charge in [0.15, 0.2) is 0 Å². The number of benzene rings is 2. The molecule has 2 aromatic rings. The second-order valence-electron chi connectivity index (χ2n) is 5.42. The smallest absolute Gasteiger partial charge is 0.267 e. The Morgan fingerprint density at radius 2 is 1.78 bits per heavy atom. The summed E-state index contributed by atoms with van der Waals surface area (Å²) in [5.74, 6) is -0.229. The molecule has 3 nitrogen and oxygen atoms in total. The SMILES string of the molecule is O=C(N/N=C/C1=C(Cl)c2ccccc2CCC1)c1ccccc1. The molecule has 4 heteroatoms. The maximum atomic E-state index is 12.0. The maximum Gasteiger partial charge on any atom is 0.271 e. The normalized spacial score (nSPS) is 14.5. The van der Waals surface area contributed by atoms with Crippen molar-refractivity contribution in [2.24, 2.45) is 5.10 Å². The molecule has 1 aliphatic carbocycles. The number of carbonyl (C=O) groups is 1. The Balaban J connectivity index is 1.75. The van der Waals surface area contributed by atoms with E-state index in [2.05, 4.69) is 16.6 Å². The summed E-state index contributed by atoms with van der Waals surface area (Å²) in [4.78, 5) is 12.0. The van der Waals surface area contributed by atoms with Gasteiger partial charge in [-0.2, -0.15) is 5.10 Å². The standard InChI is InChI=1S/C19H17ClN2O/c20-18-16(11-6-10-14-7-4-5-12-17(14)18)13-21-22-19(23)15-8-2-1-3-9-15/h1-5,7-9,12-13H,6,10-11H2,(H,22,23)/b21-13+. The molecule has 0 radical (unpaired) electrons. The fourth-order valence-corrected chi connectivity index (χ4v) is 2.98. The fraction of sp³-hybridized carbons (Fsp3) is 0.158. The van der Waals surface area contributed by atoms with Crippen molar-refractivity contribution in [2.45, 2.75) is 19.3 Å². The molecule has 1 amide bonds. The van der Waals surface area contributed by atoms with Crippen molar-refractivity contribution in [3.8, 4) is 0 Å². The van der Waals surface area contributed by atoms with Crippen molar-refractivity contribution in [3.05, 3.63) is 76.9 Å². The van der Waals surface area contributed by atoms with Crippen LogP contribution in [0.3, 0.4) is 0 Å². The van der Waals surface area contributed by atoms with E-state index >= 15 is 0 Å². The third-order valence-corrected chi connectivity index (χ3v) is 4.30. The van der Waals surface area contributed by atoms with Gasteiger partial charge in [-0.1, -0.05) is 54.1 Å². The van der Waals surface area contributed by atoms with Gasteiger partial charge in [-0.05, 0) is 48.1 Å². The van der Waals surface area contributed by atoms with Gasteiger partial charge in [-0.3, -0.25) is 4.79 Å². The van der Waals surface area contributed by atoms with Gasteiger partial charge in [0.1, 0.15) is 0 Å². The summed E-state index contributed by atoms with van der Waals surface area (Å²) in [6.45, 7) is 0. The summed E-state index contributed by atoms with van der Waals surface area (Å²) in [6.07, 6.45) is 4.52. The third-order valence-electron chi connectivity index (χ3n) is 3.85. The number of hydrogen-bond donors (Lipinski definition) is 1. The zero-order valence-electron chi connectivity index (χ0n) is 12.6. The average molecular weight is 325 g/mol. The molecule has 0 fully saturated rings. The molecule has 0 aromatic heterocycles. The second kappa shape index (κ2) is 7.25. The van der Waals surface area contributed by atoms with Gasteiger partial charge >= 0.3 is 0 Å². The zero-order valence-corrected chi connectivity index (χ0v) is 13.4. The van der Waals surface area contributed by atoms with Crippen molar-refractivity contribution in [3.63, 3.8) is 0 Å². The molecule has 0 saturated heterocycles. The number of aryl methyl sites for hydroxylation is 1. The minimum atomic E-state index is -0.229. The van der Waals surface area contributed by atoms with Crippen LogP contribution in [-0.4, -0.2) is 12.1 Å². The van der Waals surface area contributed by atoms with Gasteiger partial charge in [-0.25, -0.2) is 5.43 Å². The van der Waals surface area contributed by atoms with Gasteiger partial charge in [0.05, 0.1) is 11.2 Å². The van der Waals surface area contributed by atoms with Crippen LogP contribution >= 0.6 is 11.6 Å². The Morgan fingerprint density at radius 1 is 1.04 bits per heavy atom. The summed E-state index contributed by atoms with van der Waals surface area (Å²) >= 11 is 6.53. The molecule has 23 heavy (non-hydrogen) atoms. The van der Waals surface area contributed by atoms with E-state index in [4.69, 9.17) is 11.6 Å². The molecule has 116 valence electrons. The molecule has 0 unspecified atom stereocenters. The van der Waals surface area contributed by atoms with Crippen LogP contribution in [0.15, 0.2) is 65.3 Å². The molecule has 3 rings (SSSR count). The molecule has 0 aliphatic heterocycles. The molecule has 1 N–H and O–H groups in total. The molecule has 0 atom stereocenters. The molecule has 2 aromatic carbocycles. The summed E-state index contributed by atoms with van der Waals surface area (Å²) in [5, 5.41) is 4.79. The third kappa shape index (κ3) is 3.69. The van der Waals surface area contributed by atoms with Crippen LogP contribution in [0.25, 0.3) is 5.03 Å². The minimum Gasteiger partial charge on any atom is -0.267 e. The number of rotatable bonds is 3. The van der Waals surface area contributed by atoms with E-state index < -0.39 is 0 Å². The van der Waals surface area contributed by atoms with E-state index in [1.165, 1.54) is 5.56 Å². The van der Waals surface area contributed by atoms with Gasteiger partial charge in [0.25, 0.3) is 5.91 Å². The predicted octanol–water partition coefficient (Wildman–Crippen LogP) is 4.39. The van der Waals surface area contributed by atoms with E-state index in [0.717, 1.165) is 35.4 Å². The molecule has 0 saturated carbocycles. The quantitative estimate of drug-likeness (QED) is 0.660. The number of nitrogens with one attached hydrogen (secondary N) is 1. The molecular formula is C19H17ClN2O. The monoisotopic (exact) mass is 324 g/mol. The Kier molecular flexibility index (Phi) is 4.89. The Labute approximate surface area is 140 Å². The van der Waals surface area contributed by atoms with E-state index in [9.17, 15) is 4.79 Å². The highest BCUT2D eigenvalue weighted by Crippen LogP contribution is 2.31. The largest absolute Gasteiger partial charge is 0.271 e. The summed E-state index contributed by atoms with van der Waals surface area (Å²) in [5.41, 5.74) is 6.39. The lowest BCUT2D eigenvalue weighted by Gasteiger charge is -2.05. The first-order valence-corrected chi connectivity index (χ1v) is 7.99. The number of hydrazone groups is 1. The van der Waals surface area contributed by atoms with Gasteiger partial charge < -0.3 is 0 Å². The summed E-state index contributed by atoms with van der Waals surface area (Å²) in [7, 11) is 0. The highest BCUT2D eigenvalue weighted by molar-refractivity contribution is 6.50. The molecule has 0 spiro atoms. The van der Waals surface area contributed by atoms with Gasteiger partial charge in [-0.15, -0.1) is 0 Å². The Hall–Kier alpha value is -2.39. The summed E-state index contributed by atoms with van der Waals surface area (Å²) in [6, 6.07) is 17.2. The lowest BCUT2D eigenvalue weighted by atomic mass is 10.0. The van der Waals surface area contributed by atoms with E-state index in [-0.39, 0.29) is 5.91 Å². The molecule has 1 aliphatic rings. The van der Waals surface area contributed by atoms with Crippen molar-refractivity contribution in [1.29, 1.82) is 0 Å². The van der Waals surface area contributed by atoms with E-state index in [0.29, 0.717) is 5.56 Å². The van der Waals surface area contributed by atoms with Crippen molar-refractivity contribution >= 4 is 28.8 Å². The Morgan fingerprint density at radius 3 is 2.61 bits per heavy atom. The Bertz CT molecular complexity index is 766. The van der Waals surface area contributed by atoms with Crippen LogP contribution in [0.1, 0.15) is 34.3 Å². The molecule has 0 bridgehead atoms. The van der Waals surface area contributed by atoms with Crippen molar-refractivity contribution in [1.82, 2.24) is 5.43 Å². The number of nitrogens with zero attached hydrogens (tertiary/aromatic N) is 1. The van der Waals surface area contributed by atoms with Crippen LogP contribution in [0.4, 0.5) is 0 Å². The fourth-order valence-electron chi connectivity index (χ4n) is 2.65. The number of allylic oxidation sites excluding steroid dienone is 1. The van der Waals surface area contributed by atoms with Crippen LogP contribution in [-0.2, 0) is 6.42 Å². The van der Waals surface area contributed by atoms with E-state index in [1.807, 2.05) is 36.4 Å². The maximum absolute atomic E-state index is 12.0. The van der Waals surface area contributed by atoms with Crippen LogP contribution in [0.5, 0.6) is 0 Å². The average Bonchev–Trinajstić information content (AvgIpc) is 2.75. The second-order valence-corrected chi connectivity index (χ2v) is 5.79. The highest BCUT2D eigenvalue weighted by Gasteiger charge is 2.14.